The van der Waals surface area contributed by atoms with E-state index in [-0.39, 0.29) is 6.03 Å². The van der Waals surface area contributed by atoms with Crippen molar-refractivity contribution in [1.29, 1.82) is 0 Å². The Morgan fingerprint density at radius 3 is 2.61 bits per heavy atom. The van der Waals surface area contributed by atoms with E-state index in [1.807, 2.05) is 16.7 Å². The number of likely N-dealkylation sites (tertiary alicyclic amines) is 1. The summed E-state index contributed by atoms with van der Waals surface area (Å²) in [5.41, 5.74) is 0. The number of carbonyl (C=O) groups is 1. The minimum atomic E-state index is 0.184. The summed E-state index contributed by atoms with van der Waals surface area (Å²) in [6, 6.07) is 0.605. The van der Waals surface area contributed by atoms with Crippen molar-refractivity contribution in [3.05, 3.63) is 0 Å². The number of hydrogen-bond acceptors (Lipinski definition) is 2. The van der Waals surface area contributed by atoms with Gasteiger partial charge in [-0.05, 0) is 37.9 Å². The highest BCUT2D eigenvalue weighted by molar-refractivity contribution is 7.99. The summed E-state index contributed by atoms with van der Waals surface area (Å²) in [7, 11) is 0. The number of thioether (sulfide) groups is 1. The molecule has 1 saturated heterocycles. The zero-order valence-corrected chi connectivity index (χ0v) is 12.3. The Bertz CT molecular complexity index is 265. The minimum Gasteiger partial charge on any atom is -0.335 e. The largest absolute Gasteiger partial charge is 0.335 e. The third-order valence-electron chi connectivity index (χ3n) is 4.01. The van der Waals surface area contributed by atoms with Crippen LogP contribution in [-0.4, -0.2) is 41.1 Å². The molecule has 1 N–H and O–H groups in total. The number of nitrogens with zero attached hydrogens (tertiary/aromatic N) is 1. The van der Waals surface area contributed by atoms with E-state index >= 15 is 0 Å². The summed E-state index contributed by atoms with van der Waals surface area (Å²) in [4.78, 5) is 14.2. The second kappa shape index (κ2) is 7.27. The molecule has 18 heavy (non-hydrogen) atoms. The van der Waals surface area contributed by atoms with Gasteiger partial charge in [-0.1, -0.05) is 19.8 Å². The van der Waals surface area contributed by atoms with Crippen molar-refractivity contribution in [3.8, 4) is 0 Å². The summed E-state index contributed by atoms with van der Waals surface area (Å²) < 4.78 is 0. The molecular weight excluding hydrogens is 244 g/mol. The minimum absolute atomic E-state index is 0.184. The normalized spacial score (nSPS) is 29.1. The van der Waals surface area contributed by atoms with Crippen molar-refractivity contribution in [2.45, 2.75) is 63.2 Å². The van der Waals surface area contributed by atoms with Gasteiger partial charge in [-0.15, -0.1) is 0 Å². The van der Waals surface area contributed by atoms with Crippen LogP contribution in [0, 0.1) is 0 Å². The maximum atomic E-state index is 12.2. The molecule has 0 spiro atoms. The standard InChI is InChI=1S/C14H26N2OS/c1-2-18-13-8-7-12(11-13)15-14(17)16-9-5-3-4-6-10-16/h12-13H,2-11H2,1H3,(H,15,17). The van der Waals surface area contributed by atoms with E-state index in [0.29, 0.717) is 6.04 Å². The molecule has 2 unspecified atom stereocenters. The van der Waals surface area contributed by atoms with Gasteiger partial charge in [-0.2, -0.15) is 11.8 Å². The van der Waals surface area contributed by atoms with E-state index in [1.165, 1.54) is 37.9 Å². The summed E-state index contributed by atoms with van der Waals surface area (Å²) in [5.74, 6) is 1.19. The lowest BCUT2D eigenvalue weighted by Crippen LogP contribution is -2.44. The lowest BCUT2D eigenvalue weighted by Gasteiger charge is -2.23. The molecule has 0 aromatic carbocycles. The Morgan fingerprint density at radius 1 is 1.22 bits per heavy atom. The second-order valence-corrected chi connectivity index (χ2v) is 7.02. The SMILES string of the molecule is CCSC1CCC(NC(=O)N2CCCCCC2)C1. The van der Waals surface area contributed by atoms with Gasteiger partial charge in [-0.3, -0.25) is 0 Å². The topological polar surface area (TPSA) is 32.3 Å². The third-order valence-corrected chi connectivity index (χ3v) is 5.24. The molecule has 104 valence electrons. The Hall–Kier alpha value is -0.380. The quantitative estimate of drug-likeness (QED) is 0.854. The first kappa shape index (κ1) is 14.0. The maximum absolute atomic E-state index is 12.2. The van der Waals surface area contributed by atoms with Gasteiger partial charge in [0, 0.05) is 24.4 Å². The monoisotopic (exact) mass is 270 g/mol. The fourth-order valence-corrected chi connectivity index (χ4v) is 4.14. The second-order valence-electron chi connectivity index (χ2n) is 5.44. The molecular formula is C14H26N2OS. The van der Waals surface area contributed by atoms with Crippen LogP contribution in [0.15, 0.2) is 0 Å². The predicted molar refractivity (Wildman–Crippen MR) is 78.1 cm³/mol. The van der Waals surface area contributed by atoms with E-state index in [1.54, 1.807) is 0 Å². The first-order valence-electron chi connectivity index (χ1n) is 7.46. The predicted octanol–water partition coefficient (Wildman–Crippen LogP) is 3.25. The summed E-state index contributed by atoms with van der Waals surface area (Å²) in [6.45, 7) is 4.12. The van der Waals surface area contributed by atoms with Crippen LogP contribution in [0.3, 0.4) is 0 Å². The Labute approximate surface area is 115 Å². The van der Waals surface area contributed by atoms with E-state index in [4.69, 9.17) is 0 Å². The molecule has 0 bridgehead atoms. The van der Waals surface area contributed by atoms with Gasteiger partial charge in [0.25, 0.3) is 0 Å². The average molecular weight is 270 g/mol. The van der Waals surface area contributed by atoms with Crippen LogP contribution in [-0.2, 0) is 0 Å². The van der Waals surface area contributed by atoms with E-state index < -0.39 is 0 Å². The van der Waals surface area contributed by atoms with E-state index in [0.717, 1.165) is 31.2 Å². The average Bonchev–Trinajstić information content (AvgIpc) is 2.65. The molecule has 0 radical (unpaired) electrons. The molecule has 2 fully saturated rings. The summed E-state index contributed by atoms with van der Waals surface area (Å²) in [6.07, 6.45) is 8.50. The van der Waals surface area contributed by atoms with Crippen LogP contribution in [0.2, 0.25) is 0 Å². The lowest BCUT2D eigenvalue weighted by molar-refractivity contribution is 0.196. The van der Waals surface area contributed by atoms with Gasteiger partial charge in [0.05, 0.1) is 0 Å². The summed E-state index contributed by atoms with van der Waals surface area (Å²) in [5, 5.41) is 4.01. The molecule has 2 amide bonds. The Balaban J connectivity index is 1.73. The van der Waals surface area contributed by atoms with E-state index in [2.05, 4.69) is 12.2 Å². The molecule has 1 saturated carbocycles. The molecule has 2 aliphatic rings. The van der Waals surface area contributed by atoms with Crippen molar-refractivity contribution in [2.24, 2.45) is 0 Å². The number of nitrogens with one attached hydrogen (secondary N) is 1. The number of hydrogen-bond donors (Lipinski definition) is 1. The Morgan fingerprint density at radius 2 is 1.94 bits per heavy atom. The maximum Gasteiger partial charge on any atom is 0.317 e. The Kier molecular flexibility index (Phi) is 5.67. The van der Waals surface area contributed by atoms with Crippen LogP contribution < -0.4 is 5.32 Å². The fourth-order valence-electron chi connectivity index (χ4n) is 3.00. The van der Waals surface area contributed by atoms with E-state index in [9.17, 15) is 4.79 Å². The van der Waals surface area contributed by atoms with Crippen molar-refractivity contribution in [3.63, 3.8) is 0 Å². The van der Waals surface area contributed by atoms with Gasteiger partial charge in [0.2, 0.25) is 0 Å². The highest BCUT2D eigenvalue weighted by Gasteiger charge is 2.27. The molecule has 4 heteroatoms. The molecule has 2 rings (SSSR count). The first-order chi connectivity index (χ1) is 8.79. The number of urea groups is 1. The first-order valence-corrected chi connectivity index (χ1v) is 8.51. The van der Waals surface area contributed by atoms with Gasteiger partial charge < -0.3 is 10.2 Å². The van der Waals surface area contributed by atoms with Crippen LogP contribution in [0.5, 0.6) is 0 Å². The van der Waals surface area contributed by atoms with Gasteiger partial charge in [-0.25, -0.2) is 4.79 Å². The lowest BCUT2D eigenvalue weighted by atomic mass is 10.2. The van der Waals surface area contributed by atoms with Crippen LogP contribution >= 0.6 is 11.8 Å². The molecule has 1 heterocycles. The molecule has 3 nitrogen and oxygen atoms in total. The fraction of sp³-hybridized carbons (Fsp3) is 0.929. The zero-order chi connectivity index (χ0) is 12.8. The van der Waals surface area contributed by atoms with Gasteiger partial charge in [0.1, 0.15) is 0 Å². The highest BCUT2D eigenvalue weighted by atomic mass is 32.2. The van der Waals surface area contributed by atoms with Gasteiger partial charge in [0.15, 0.2) is 0 Å². The van der Waals surface area contributed by atoms with Crippen LogP contribution in [0.25, 0.3) is 0 Å². The van der Waals surface area contributed by atoms with Crippen molar-refractivity contribution < 1.29 is 4.79 Å². The number of carbonyl (C=O) groups excluding carboxylic acids is 1. The van der Waals surface area contributed by atoms with Crippen molar-refractivity contribution in [2.75, 3.05) is 18.8 Å². The molecule has 1 aliphatic carbocycles. The van der Waals surface area contributed by atoms with Crippen molar-refractivity contribution in [1.82, 2.24) is 10.2 Å². The molecule has 2 atom stereocenters. The van der Waals surface area contributed by atoms with Crippen molar-refractivity contribution >= 4 is 17.8 Å². The van der Waals surface area contributed by atoms with Crippen LogP contribution in [0.1, 0.15) is 51.9 Å². The van der Waals surface area contributed by atoms with Gasteiger partial charge >= 0.3 is 6.03 Å². The third kappa shape index (κ3) is 4.08. The molecule has 1 aliphatic heterocycles. The molecule has 0 aromatic heterocycles. The summed E-state index contributed by atoms with van der Waals surface area (Å²) >= 11 is 2.04. The van der Waals surface area contributed by atoms with Crippen LogP contribution in [0.4, 0.5) is 4.79 Å². The smallest absolute Gasteiger partial charge is 0.317 e. The number of amides is 2. The zero-order valence-electron chi connectivity index (χ0n) is 11.5. The highest BCUT2D eigenvalue weighted by Crippen LogP contribution is 2.29. The molecule has 0 aromatic rings. The number of rotatable bonds is 3.